The summed E-state index contributed by atoms with van der Waals surface area (Å²) < 4.78 is 5.11. The highest BCUT2D eigenvalue weighted by Gasteiger charge is 2.07. The summed E-state index contributed by atoms with van der Waals surface area (Å²) in [7, 11) is 3.49. The molecule has 2 aromatic rings. The van der Waals surface area contributed by atoms with E-state index in [1.807, 2.05) is 13.1 Å². The zero-order valence-corrected chi connectivity index (χ0v) is 11.8. The number of hydrogen-bond donors (Lipinski definition) is 1. The molecule has 0 amide bonds. The zero-order chi connectivity index (χ0) is 13.8. The predicted octanol–water partition coefficient (Wildman–Crippen LogP) is 2.95. The normalized spacial score (nSPS) is 10.5. The molecule has 4 nitrogen and oxygen atoms in total. The maximum absolute atomic E-state index is 5.11. The second-order valence-corrected chi connectivity index (χ2v) is 4.54. The van der Waals surface area contributed by atoms with Gasteiger partial charge < -0.3 is 10.1 Å². The number of benzene rings is 1. The fourth-order valence-corrected chi connectivity index (χ4v) is 1.87. The SMILES string of the molecule is CNc1cc(-c2ccc(C)c(C)c2)nc(COC)n1. The van der Waals surface area contributed by atoms with Gasteiger partial charge in [-0.1, -0.05) is 12.1 Å². The number of methoxy groups -OCH3 is 1. The van der Waals surface area contributed by atoms with Crippen LogP contribution in [0, 0.1) is 13.8 Å². The van der Waals surface area contributed by atoms with E-state index in [-0.39, 0.29) is 0 Å². The zero-order valence-electron chi connectivity index (χ0n) is 11.8. The lowest BCUT2D eigenvalue weighted by Crippen LogP contribution is -2.03. The van der Waals surface area contributed by atoms with Gasteiger partial charge in [-0.2, -0.15) is 0 Å². The van der Waals surface area contributed by atoms with Crippen molar-refractivity contribution >= 4 is 5.82 Å². The second kappa shape index (κ2) is 5.80. The topological polar surface area (TPSA) is 47.0 Å². The van der Waals surface area contributed by atoms with Crippen LogP contribution in [0.1, 0.15) is 17.0 Å². The number of nitrogens with one attached hydrogen (secondary N) is 1. The number of hydrogen-bond acceptors (Lipinski definition) is 4. The maximum atomic E-state index is 5.11. The minimum absolute atomic E-state index is 0.410. The molecular formula is C15H19N3O. The first-order valence-electron chi connectivity index (χ1n) is 6.26. The summed E-state index contributed by atoms with van der Waals surface area (Å²) in [6, 6.07) is 8.29. The van der Waals surface area contributed by atoms with E-state index in [0.29, 0.717) is 12.4 Å². The number of nitrogens with zero attached hydrogens (tertiary/aromatic N) is 2. The number of aromatic nitrogens is 2. The van der Waals surface area contributed by atoms with Crippen LogP contribution in [0.5, 0.6) is 0 Å². The number of anilines is 1. The summed E-state index contributed by atoms with van der Waals surface area (Å²) >= 11 is 0. The Morgan fingerprint density at radius 2 is 1.89 bits per heavy atom. The van der Waals surface area contributed by atoms with Crippen LogP contribution in [0.25, 0.3) is 11.3 Å². The van der Waals surface area contributed by atoms with Crippen LogP contribution in [0.3, 0.4) is 0 Å². The highest BCUT2D eigenvalue weighted by molar-refractivity contribution is 5.63. The van der Waals surface area contributed by atoms with Gasteiger partial charge in [0.25, 0.3) is 0 Å². The highest BCUT2D eigenvalue weighted by Crippen LogP contribution is 2.22. The van der Waals surface area contributed by atoms with Gasteiger partial charge in [0.1, 0.15) is 12.4 Å². The second-order valence-electron chi connectivity index (χ2n) is 4.54. The van der Waals surface area contributed by atoms with Crippen LogP contribution in [0.4, 0.5) is 5.82 Å². The summed E-state index contributed by atoms with van der Waals surface area (Å²) in [5.41, 5.74) is 4.55. The Kier molecular flexibility index (Phi) is 4.12. The molecule has 1 N–H and O–H groups in total. The molecular weight excluding hydrogens is 238 g/mol. The third-order valence-electron chi connectivity index (χ3n) is 3.10. The van der Waals surface area contributed by atoms with Crippen molar-refractivity contribution in [3.8, 4) is 11.3 Å². The van der Waals surface area contributed by atoms with Crippen molar-refractivity contribution in [2.24, 2.45) is 0 Å². The molecule has 2 rings (SSSR count). The first-order chi connectivity index (χ1) is 9.13. The highest BCUT2D eigenvalue weighted by atomic mass is 16.5. The Hall–Kier alpha value is -1.94. The summed E-state index contributed by atoms with van der Waals surface area (Å²) in [4.78, 5) is 8.90. The molecule has 0 saturated carbocycles. The lowest BCUT2D eigenvalue weighted by molar-refractivity contribution is 0.178. The number of aryl methyl sites for hydroxylation is 2. The van der Waals surface area contributed by atoms with Gasteiger partial charge in [0.15, 0.2) is 5.82 Å². The van der Waals surface area contributed by atoms with E-state index in [9.17, 15) is 0 Å². The lowest BCUT2D eigenvalue weighted by atomic mass is 10.0. The van der Waals surface area contributed by atoms with Gasteiger partial charge in [-0.05, 0) is 31.0 Å². The summed E-state index contributed by atoms with van der Waals surface area (Å²) in [6.07, 6.45) is 0. The smallest absolute Gasteiger partial charge is 0.157 e. The van der Waals surface area contributed by atoms with Crippen molar-refractivity contribution in [3.63, 3.8) is 0 Å². The summed E-state index contributed by atoms with van der Waals surface area (Å²) in [5.74, 6) is 1.48. The summed E-state index contributed by atoms with van der Waals surface area (Å²) in [6.45, 7) is 4.62. The fraction of sp³-hybridized carbons (Fsp3) is 0.333. The third kappa shape index (κ3) is 3.09. The van der Waals surface area contributed by atoms with Crippen LogP contribution in [0.15, 0.2) is 24.3 Å². The molecule has 0 bridgehead atoms. The first-order valence-corrected chi connectivity index (χ1v) is 6.26. The van der Waals surface area contributed by atoms with Gasteiger partial charge >= 0.3 is 0 Å². The van der Waals surface area contributed by atoms with Crippen LogP contribution in [-0.4, -0.2) is 24.1 Å². The molecule has 0 aliphatic carbocycles. The molecule has 0 unspecified atom stereocenters. The van der Waals surface area contributed by atoms with Crippen molar-refractivity contribution in [1.29, 1.82) is 0 Å². The van der Waals surface area contributed by atoms with E-state index in [1.165, 1.54) is 11.1 Å². The molecule has 0 aliphatic heterocycles. The largest absolute Gasteiger partial charge is 0.377 e. The minimum atomic E-state index is 0.410. The van der Waals surface area contributed by atoms with Gasteiger partial charge in [-0.25, -0.2) is 9.97 Å². The lowest BCUT2D eigenvalue weighted by Gasteiger charge is -2.09. The average molecular weight is 257 g/mol. The molecule has 1 aromatic carbocycles. The third-order valence-corrected chi connectivity index (χ3v) is 3.10. The Labute approximate surface area is 113 Å². The van der Waals surface area contributed by atoms with E-state index >= 15 is 0 Å². The van der Waals surface area contributed by atoms with Gasteiger partial charge in [0.05, 0.1) is 5.69 Å². The quantitative estimate of drug-likeness (QED) is 0.914. The van der Waals surface area contributed by atoms with Gasteiger partial charge in [-0.15, -0.1) is 0 Å². The number of ether oxygens (including phenoxy) is 1. The van der Waals surface area contributed by atoms with Crippen LogP contribution in [-0.2, 0) is 11.3 Å². The van der Waals surface area contributed by atoms with E-state index in [4.69, 9.17) is 4.74 Å². The molecule has 0 radical (unpaired) electrons. The van der Waals surface area contributed by atoms with Crippen molar-refractivity contribution in [1.82, 2.24) is 9.97 Å². The Bertz CT molecular complexity index is 582. The van der Waals surface area contributed by atoms with E-state index in [2.05, 4.69) is 47.3 Å². The molecule has 0 spiro atoms. The van der Waals surface area contributed by atoms with Gasteiger partial charge in [-0.3, -0.25) is 0 Å². The molecule has 0 atom stereocenters. The van der Waals surface area contributed by atoms with E-state index in [0.717, 1.165) is 17.1 Å². The monoisotopic (exact) mass is 257 g/mol. The average Bonchev–Trinajstić information content (AvgIpc) is 2.42. The van der Waals surface area contributed by atoms with Crippen LogP contribution >= 0.6 is 0 Å². The number of rotatable bonds is 4. The minimum Gasteiger partial charge on any atom is -0.377 e. The fourth-order valence-electron chi connectivity index (χ4n) is 1.87. The van der Waals surface area contributed by atoms with Crippen molar-refractivity contribution in [2.45, 2.75) is 20.5 Å². The molecule has 4 heteroatoms. The molecule has 0 aliphatic rings. The summed E-state index contributed by atoms with van der Waals surface area (Å²) in [5, 5.41) is 3.06. The van der Waals surface area contributed by atoms with Crippen LogP contribution in [0.2, 0.25) is 0 Å². The molecule has 19 heavy (non-hydrogen) atoms. The Morgan fingerprint density at radius 3 is 2.53 bits per heavy atom. The predicted molar refractivity (Wildman–Crippen MR) is 77.2 cm³/mol. The van der Waals surface area contributed by atoms with Crippen molar-refractivity contribution in [2.75, 3.05) is 19.5 Å². The van der Waals surface area contributed by atoms with Gasteiger partial charge in [0.2, 0.25) is 0 Å². The van der Waals surface area contributed by atoms with Crippen LogP contribution < -0.4 is 5.32 Å². The van der Waals surface area contributed by atoms with Gasteiger partial charge in [0, 0.05) is 25.8 Å². The van der Waals surface area contributed by atoms with Crippen molar-refractivity contribution in [3.05, 3.63) is 41.2 Å². The Balaban J connectivity index is 2.47. The molecule has 0 saturated heterocycles. The maximum Gasteiger partial charge on any atom is 0.157 e. The first kappa shape index (κ1) is 13.5. The molecule has 1 aromatic heterocycles. The Morgan fingerprint density at radius 1 is 1.11 bits per heavy atom. The molecule has 1 heterocycles. The van der Waals surface area contributed by atoms with Crippen molar-refractivity contribution < 1.29 is 4.74 Å². The molecule has 0 fully saturated rings. The van der Waals surface area contributed by atoms with E-state index < -0.39 is 0 Å². The van der Waals surface area contributed by atoms with E-state index in [1.54, 1.807) is 7.11 Å². The molecule has 100 valence electrons. The standard InChI is InChI=1S/C15H19N3O/c1-10-5-6-12(7-11(10)2)13-8-14(16-3)18-15(17-13)9-19-4/h5-8H,9H2,1-4H3,(H,16,17,18).